The molecule has 0 bridgehead atoms. The number of nitrogens with one attached hydrogen (secondary N) is 1. The fourth-order valence-corrected chi connectivity index (χ4v) is 1.15. The van der Waals surface area contributed by atoms with Gasteiger partial charge in [-0.25, -0.2) is 4.39 Å². The van der Waals surface area contributed by atoms with Crippen molar-refractivity contribution in [3.8, 4) is 11.8 Å². The van der Waals surface area contributed by atoms with E-state index < -0.39 is 11.7 Å². The molecule has 0 radical (unpaired) electrons. The first kappa shape index (κ1) is 11.3. The standard InChI is InChI=1S/C12H12FNO/c1-4-5-11(15)14-10-7-6-8(2)9(3)12(10)13/h6-7H,1-3H3,(H,14,15). The normalized spacial score (nSPS) is 9.07. The molecule has 78 valence electrons. The third kappa shape index (κ3) is 2.57. The van der Waals surface area contributed by atoms with Crippen molar-refractivity contribution in [3.05, 3.63) is 29.1 Å². The summed E-state index contributed by atoms with van der Waals surface area (Å²) in [5, 5.41) is 2.39. The van der Waals surface area contributed by atoms with E-state index in [1.807, 2.05) is 6.92 Å². The highest BCUT2D eigenvalue weighted by atomic mass is 19.1. The Balaban J connectivity index is 3.00. The Morgan fingerprint density at radius 2 is 2.07 bits per heavy atom. The number of halogens is 1. The molecule has 0 heterocycles. The fourth-order valence-electron chi connectivity index (χ4n) is 1.15. The van der Waals surface area contributed by atoms with Crippen LogP contribution in [0.1, 0.15) is 18.1 Å². The zero-order valence-electron chi connectivity index (χ0n) is 8.94. The Morgan fingerprint density at radius 1 is 1.40 bits per heavy atom. The number of carbonyl (C=O) groups is 1. The van der Waals surface area contributed by atoms with Gasteiger partial charge in [0.1, 0.15) is 5.82 Å². The number of amides is 1. The number of rotatable bonds is 1. The largest absolute Gasteiger partial charge is 0.313 e. The summed E-state index contributed by atoms with van der Waals surface area (Å²) in [6.07, 6.45) is 0. The molecule has 0 unspecified atom stereocenters. The lowest BCUT2D eigenvalue weighted by atomic mass is 10.1. The molecule has 0 aliphatic rings. The Kier molecular flexibility index (Phi) is 3.46. The third-order valence-corrected chi connectivity index (χ3v) is 2.14. The van der Waals surface area contributed by atoms with Crippen molar-refractivity contribution in [1.82, 2.24) is 0 Å². The zero-order chi connectivity index (χ0) is 11.4. The molecule has 0 fully saturated rings. The van der Waals surface area contributed by atoms with Crippen LogP contribution in [0.15, 0.2) is 12.1 Å². The minimum absolute atomic E-state index is 0.172. The summed E-state index contributed by atoms with van der Waals surface area (Å²) in [5.74, 6) is 3.84. The zero-order valence-corrected chi connectivity index (χ0v) is 8.94. The van der Waals surface area contributed by atoms with E-state index in [0.29, 0.717) is 5.56 Å². The molecule has 0 saturated heterocycles. The molecule has 1 amide bonds. The van der Waals surface area contributed by atoms with E-state index in [4.69, 9.17) is 0 Å². The van der Waals surface area contributed by atoms with Gasteiger partial charge >= 0.3 is 0 Å². The van der Waals surface area contributed by atoms with Crippen molar-refractivity contribution in [2.75, 3.05) is 5.32 Å². The molecule has 1 rings (SSSR count). The van der Waals surface area contributed by atoms with E-state index in [1.54, 1.807) is 19.9 Å². The first-order chi connectivity index (χ1) is 7.06. The predicted octanol–water partition coefficient (Wildman–Crippen LogP) is 2.40. The minimum atomic E-state index is -0.500. The Morgan fingerprint density at radius 3 is 2.67 bits per heavy atom. The highest BCUT2D eigenvalue weighted by Gasteiger charge is 2.08. The first-order valence-electron chi connectivity index (χ1n) is 4.55. The van der Waals surface area contributed by atoms with Gasteiger partial charge in [0.25, 0.3) is 5.91 Å². The molecule has 0 aliphatic heterocycles. The van der Waals surface area contributed by atoms with E-state index in [2.05, 4.69) is 17.2 Å². The number of hydrogen-bond donors (Lipinski definition) is 1. The highest BCUT2D eigenvalue weighted by molar-refractivity contribution is 6.04. The lowest BCUT2D eigenvalue weighted by molar-refractivity contribution is -0.111. The average molecular weight is 205 g/mol. The second kappa shape index (κ2) is 4.61. The van der Waals surface area contributed by atoms with Crippen LogP contribution in [0, 0.1) is 31.5 Å². The van der Waals surface area contributed by atoms with Gasteiger partial charge in [-0.3, -0.25) is 4.79 Å². The molecule has 1 N–H and O–H groups in total. The monoisotopic (exact) mass is 205 g/mol. The van der Waals surface area contributed by atoms with Crippen LogP contribution >= 0.6 is 0 Å². The summed E-state index contributed by atoms with van der Waals surface area (Å²) in [5.41, 5.74) is 1.56. The third-order valence-electron chi connectivity index (χ3n) is 2.14. The summed E-state index contributed by atoms with van der Waals surface area (Å²) in [6.45, 7) is 5.04. The van der Waals surface area contributed by atoms with Gasteiger partial charge < -0.3 is 5.32 Å². The molecule has 2 nitrogen and oxygen atoms in total. The molecule has 15 heavy (non-hydrogen) atoms. The van der Waals surface area contributed by atoms with Crippen LogP contribution in [-0.2, 0) is 4.79 Å². The maximum atomic E-state index is 13.6. The van der Waals surface area contributed by atoms with Gasteiger partial charge in [0, 0.05) is 0 Å². The Hall–Kier alpha value is -1.82. The van der Waals surface area contributed by atoms with Crippen molar-refractivity contribution >= 4 is 11.6 Å². The molecule has 3 heteroatoms. The molecule has 1 aromatic rings. The van der Waals surface area contributed by atoms with E-state index in [9.17, 15) is 9.18 Å². The Bertz CT molecular complexity index is 455. The molecule has 0 aromatic heterocycles. The van der Waals surface area contributed by atoms with Crippen LogP contribution in [-0.4, -0.2) is 5.91 Å². The van der Waals surface area contributed by atoms with Crippen LogP contribution in [0.5, 0.6) is 0 Å². The van der Waals surface area contributed by atoms with Crippen LogP contribution < -0.4 is 5.32 Å². The number of hydrogen-bond acceptors (Lipinski definition) is 1. The summed E-state index contributed by atoms with van der Waals surface area (Å²) in [7, 11) is 0. The van der Waals surface area contributed by atoms with Crippen molar-refractivity contribution in [2.45, 2.75) is 20.8 Å². The minimum Gasteiger partial charge on any atom is -0.313 e. The van der Waals surface area contributed by atoms with E-state index in [0.717, 1.165) is 5.56 Å². The van der Waals surface area contributed by atoms with Crippen molar-refractivity contribution in [3.63, 3.8) is 0 Å². The van der Waals surface area contributed by atoms with Crippen LogP contribution in [0.3, 0.4) is 0 Å². The maximum absolute atomic E-state index is 13.6. The predicted molar refractivity (Wildman–Crippen MR) is 58.0 cm³/mol. The molecule has 0 atom stereocenters. The average Bonchev–Trinajstić information content (AvgIpc) is 2.20. The van der Waals surface area contributed by atoms with Crippen molar-refractivity contribution < 1.29 is 9.18 Å². The highest BCUT2D eigenvalue weighted by Crippen LogP contribution is 2.20. The SMILES string of the molecule is CC#CC(=O)Nc1ccc(C)c(C)c1F. The number of aryl methyl sites for hydroxylation is 1. The summed E-state index contributed by atoms with van der Waals surface area (Å²) in [4.78, 5) is 11.1. The topological polar surface area (TPSA) is 29.1 Å². The molecule has 0 spiro atoms. The van der Waals surface area contributed by atoms with E-state index >= 15 is 0 Å². The van der Waals surface area contributed by atoms with Crippen LogP contribution in [0.4, 0.5) is 10.1 Å². The van der Waals surface area contributed by atoms with E-state index in [1.165, 1.54) is 6.07 Å². The number of benzene rings is 1. The smallest absolute Gasteiger partial charge is 0.300 e. The first-order valence-corrected chi connectivity index (χ1v) is 4.55. The summed E-state index contributed by atoms with van der Waals surface area (Å²) < 4.78 is 13.6. The molecule has 0 saturated carbocycles. The number of carbonyl (C=O) groups excluding carboxylic acids is 1. The molecule has 1 aromatic carbocycles. The maximum Gasteiger partial charge on any atom is 0.300 e. The van der Waals surface area contributed by atoms with Crippen molar-refractivity contribution in [2.24, 2.45) is 0 Å². The summed E-state index contributed by atoms with van der Waals surface area (Å²) >= 11 is 0. The van der Waals surface area contributed by atoms with E-state index in [-0.39, 0.29) is 5.69 Å². The van der Waals surface area contributed by atoms with Gasteiger partial charge in [-0.2, -0.15) is 0 Å². The molecular weight excluding hydrogens is 193 g/mol. The van der Waals surface area contributed by atoms with Gasteiger partial charge in [0.15, 0.2) is 0 Å². The van der Waals surface area contributed by atoms with Gasteiger partial charge in [-0.15, -0.1) is 0 Å². The Labute approximate surface area is 88.5 Å². The quantitative estimate of drug-likeness (QED) is 0.701. The number of anilines is 1. The molecule has 0 aliphatic carbocycles. The second-order valence-corrected chi connectivity index (χ2v) is 3.20. The second-order valence-electron chi connectivity index (χ2n) is 3.20. The van der Waals surface area contributed by atoms with Crippen LogP contribution in [0.25, 0.3) is 0 Å². The lowest BCUT2D eigenvalue weighted by Crippen LogP contribution is -2.10. The van der Waals surface area contributed by atoms with Gasteiger partial charge in [-0.1, -0.05) is 12.0 Å². The molecular formula is C12H12FNO. The van der Waals surface area contributed by atoms with Gasteiger partial charge in [-0.05, 0) is 43.9 Å². The van der Waals surface area contributed by atoms with Crippen LogP contribution in [0.2, 0.25) is 0 Å². The van der Waals surface area contributed by atoms with Gasteiger partial charge in [0.05, 0.1) is 5.69 Å². The fraction of sp³-hybridized carbons (Fsp3) is 0.250. The van der Waals surface area contributed by atoms with Gasteiger partial charge in [0.2, 0.25) is 0 Å². The summed E-state index contributed by atoms with van der Waals surface area (Å²) in [6, 6.07) is 3.29. The lowest BCUT2D eigenvalue weighted by Gasteiger charge is -2.07. The van der Waals surface area contributed by atoms with Crippen molar-refractivity contribution in [1.29, 1.82) is 0 Å².